The smallest absolute Gasteiger partial charge is 0.235 e. The van der Waals surface area contributed by atoms with E-state index in [9.17, 15) is 9.90 Å². The molecule has 0 unspecified atom stereocenters. The fourth-order valence-corrected chi connectivity index (χ4v) is 2.41. The number of nitrogens with zero attached hydrogens (tertiary/aromatic N) is 1. The zero-order valence-corrected chi connectivity index (χ0v) is 10.2. The van der Waals surface area contributed by atoms with Gasteiger partial charge in [-0.05, 0) is 30.5 Å². The van der Waals surface area contributed by atoms with Gasteiger partial charge in [0.1, 0.15) is 0 Å². The number of aromatic hydroxyl groups is 1. The lowest BCUT2D eigenvalue weighted by Crippen LogP contribution is -2.04. The van der Waals surface area contributed by atoms with Crippen molar-refractivity contribution in [3.05, 3.63) is 22.2 Å². The zero-order chi connectivity index (χ0) is 11.8. The Labute approximate surface area is 101 Å². The van der Waals surface area contributed by atoms with Crippen LogP contribution in [0, 0.1) is 0 Å². The number of carbonyl (C=O) groups excluding carboxylic acids is 1. The van der Waals surface area contributed by atoms with Crippen molar-refractivity contribution in [2.75, 3.05) is 7.11 Å². The molecule has 0 aromatic heterocycles. The van der Waals surface area contributed by atoms with E-state index in [0.717, 1.165) is 22.9 Å². The molecule has 0 radical (unpaired) electrons. The van der Waals surface area contributed by atoms with E-state index in [4.69, 9.17) is 4.74 Å². The van der Waals surface area contributed by atoms with Gasteiger partial charge in [0, 0.05) is 4.47 Å². The molecule has 0 heterocycles. The number of aliphatic imine (C=N–C) groups is 1. The number of isocyanates is 1. The van der Waals surface area contributed by atoms with Gasteiger partial charge in [-0.3, -0.25) is 0 Å². The van der Waals surface area contributed by atoms with Gasteiger partial charge in [0.05, 0.1) is 12.6 Å². The van der Waals surface area contributed by atoms with Crippen molar-refractivity contribution in [1.29, 1.82) is 0 Å². The van der Waals surface area contributed by atoms with Gasteiger partial charge in [-0.1, -0.05) is 15.9 Å². The standard InChI is InChI=1S/C11H10BrNO3/c1-16-10-4-7(8(12)5-9(10)15)11(2-3-11)13-6-14/h4-5,15H,2-3H2,1H3. The highest BCUT2D eigenvalue weighted by Gasteiger charge is 2.46. The molecule has 2 rings (SSSR count). The fourth-order valence-electron chi connectivity index (χ4n) is 1.71. The summed E-state index contributed by atoms with van der Waals surface area (Å²) in [6, 6.07) is 3.25. The minimum Gasteiger partial charge on any atom is -0.504 e. The molecule has 0 spiro atoms. The lowest BCUT2D eigenvalue weighted by molar-refractivity contribution is 0.372. The van der Waals surface area contributed by atoms with Crippen LogP contribution >= 0.6 is 15.9 Å². The topological polar surface area (TPSA) is 58.9 Å². The number of ether oxygens (including phenoxy) is 1. The first-order chi connectivity index (χ1) is 7.63. The summed E-state index contributed by atoms with van der Waals surface area (Å²) in [7, 11) is 1.48. The second-order valence-corrected chi connectivity index (χ2v) is 4.59. The van der Waals surface area contributed by atoms with E-state index in [1.165, 1.54) is 7.11 Å². The van der Waals surface area contributed by atoms with E-state index >= 15 is 0 Å². The third-order valence-electron chi connectivity index (χ3n) is 2.75. The Hall–Kier alpha value is -1.32. The number of phenols is 1. The Morgan fingerprint density at radius 3 is 2.75 bits per heavy atom. The highest BCUT2D eigenvalue weighted by Crippen LogP contribution is 2.53. The Morgan fingerprint density at radius 2 is 2.25 bits per heavy atom. The molecule has 1 fully saturated rings. The van der Waals surface area contributed by atoms with Crippen molar-refractivity contribution in [1.82, 2.24) is 0 Å². The normalized spacial score (nSPS) is 16.4. The molecule has 16 heavy (non-hydrogen) atoms. The predicted octanol–water partition coefficient (Wildman–Crippen LogP) is 2.49. The van der Waals surface area contributed by atoms with Crippen molar-refractivity contribution >= 4 is 22.0 Å². The first-order valence-electron chi connectivity index (χ1n) is 4.79. The highest BCUT2D eigenvalue weighted by atomic mass is 79.9. The molecule has 1 aliphatic rings. The Kier molecular flexibility index (Phi) is 2.74. The van der Waals surface area contributed by atoms with E-state index in [0.29, 0.717) is 5.75 Å². The van der Waals surface area contributed by atoms with Crippen LogP contribution in [0.15, 0.2) is 21.6 Å². The molecule has 0 aliphatic heterocycles. The number of hydrogen-bond acceptors (Lipinski definition) is 4. The Bertz CT molecular complexity index is 476. The maximum Gasteiger partial charge on any atom is 0.235 e. The number of rotatable bonds is 3. The highest BCUT2D eigenvalue weighted by molar-refractivity contribution is 9.10. The van der Waals surface area contributed by atoms with Crippen LogP contribution in [0.3, 0.4) is 0 Å². The molecule has 1 aromatic rings. The summed E-state index contributed by atoms with van der Waals surface area (Å²) in [6.45, 7) is 0. The average molecular weight is 284 g/mol. The maximum absolute atomic E-state index is 10.4. The SMILES string of the molecule is COc1cc(C2(N=C=O)CC2)c(Br)cc1O. The van der Waals surface area contributed by atoms with Crippen LogP contribution in [0.5, 0.6) is 11.5 Å². The van der Waals surface area contributed by atoms with Crippen LogP contribution < -0.4 is 4.74 Å². The number of hydrogen-bond donors (Lipinski definition) is 1. The van der Waals surface area contributed by atoms with E-state index in [2.05, 4.69) is 20.9 Å². The van der Waals surface area contributed by atoms with Gasteiger partial charge >= 0.3 is 0 Å². The molecule has 1 aliphatic carbocycles. The molecule has 0 saturated heterocycles. The van der Waals surface area contributed by atoms with E-state index in [1.807, 2.05) is 0 Å². The molecular weight excluding hydrogens is 274 g/mol. The third-order valence-corrected chi connectivity index (χ3v) is 3.41. The van der Waals surface area contributed by atoms with Gasteiger partial charge in [0.2, 0.25) is 6.08 Å². The van der Waals surface area contributed by atoms with Crippen LogP contribution in [0.2, 0.25) is 0 Å². The molecular formula is C11H10BrNO3. The van der Waals surface area contributed by atoms with Crippen molar-refractivity contribution in [2.45, 2.75) is 18.4 Å². The molecule has 1 N–H and O–H groups in total. The summed E-state index contributed by atoms with van der Waals surface area (Å²) in [6.07, 6.45) is 3.23. The first-order valence-corrected chi connectivity index (χ1v) is 5.58. The number of halogens is 1. The summed E-state index contributed by atoms with van der Waals surface area (Å²) >= 11 is 3.35. The van der Waals surface area contributed by atoms with Gasteiger partial charge < -0.3 is 9.84 Å². The molecule has 0 atom stereocenters. The summed E-state index contributed by atoms with van der Waals surface area (Å²) in [4.78, 5) is 14.2. The number of phenolic OH excluding ortho intramolecular Hbond substituents is 1. The second kappa shape index (κ2) is 3.92. The summed E-state index contributed by atoms with van der Waals surface area (Å²) in [5.74, 6) is 0.439. The lowest BCUT2D eigenvalue weighted by atomic mass is 10.0. The van der Waals surface area contributed by atoms with Gasteiger partial charge in [-0.25, -0.2) is 4.79 Å². The monoisotopic (exact) mass is 283 g/mol. The fraction of sp³-hybridized carbons (Fsp3) is 0.364. The van der Waals surface area contributed by atoms with E-state index < -0.39 is 5.54 Å². The van der Waals surface area contributed by atoms with E-state index in [-0.39, 0.29) is 5.75 Å². The predicted molar refractivity (Wildman–Crippen MR) is 61.4 cm³/mol. The van der Waals surface area contributed by atoms with Crippen molar-refractivity contribution in [3.63, 3.8) is 0 Å². The molecule has 5 heteroatoms. The van der Waals surface area contributed by atoms with Crippen LogP contribution in [0.25, 0.3) is 0 Å². The minimum absolute atomic E-state index is 0.0593. The lowest BCUT2D eigenvalue weighted by Gasteiger charge is -2.13. The Morgan fingerprint density at radius 1 is 1.56 bits per heavy atom. The molecule has 0 amide bonds. The minimum atomic E-state index is -0.471. The quantitative estimate of drug-likeness (QED) is 0.685. The van der Waals surface area contributed by atoms with Crippen molar-refractivity contribution < 1.29 is 14.6 Å². The van der Waals surface area contributed by atoms with Gasteiger partial charge in [0.25, 0.3) is 0 Å². The van der Waals surface area contributed by atoms with Crippen molar-refractivity contribution in [3.8, 4) is 11.5 Å². The van der Waals surface area contributed by atoms with E-state index in [1.54, 1.807) is 18.2 Å². The van der Waals surface area contributed by atoms with Gasteiger partial charge in [0.15, 0.2) is 11.5 Å². The first kappa shape index (κ1) is 11.2. The summed E-state index contributed by atoms with van der Waals surface area (Å²) in [5.41, 5.74) is 0.382. The van der Waals surface area contributed by atoms with Crippen molar-refractivity contribution in [2.24, 2.45) is 4.99 Å². The molecule has 4 nitrogen and oxygen atoms in total. The Balaban J connectivity index is 2.53. The number of benzene rings is 1. The van der Waals surface area contributed by atoms with Crippen LogP contribution in [0.4, 0.5) is 0 Å². The maximum atomic E-state index is 10.4. The average Bonchev–Trinajstić information content (AvgIpc) is 2.99. The molecule has 84 valence electrons. The molecule has 0 bridgehead atoms. The van der Waals surface area contributed by atoms with Crippen LogP contribution in [-0.2, 0) is 10.3 Å². The third kappa shape index (κ3) is 1.72. The largest absolute Gasteiger partial charge is 0.504 e. The second-order valence-electron chi connectivity index (χ2n) is 3.74. The molecule has 1 saturated carbocycles. The molecule has 1 aromatic carbocycles. The number of methoxy groups -OCH3 is 1. The van der Waals surface area contributed by atoms with Crippen LogP contribution in [0.1, 0.15) is 18.4 Å². The summed E-state index contributed by atoms with van der Waals surface area (Å²) in [5, 5.41) is 9.57. The summed E-state index contributed by atoms with van der Waals surface area (Å²) < 4.78 is 5.76. The van der Waals surface area contributed by atoms with Crippen LogP contribution in [-0.4, -0.2) is 18.3 Å². The zero-order valence-electron chi connectivity index (χ0n) is 8.66. The van der Waals surface area contributed by atoms with Gasteiger partial charge in [-0.15, -0.1) is 0 Å². The van der Waals surface area contributed by atoms with Gasteiger partial charge in [-0.2, -0.15) is 4.99 Å².